The number of benzene rings is 1. The fraction of sp³-hybridized carbons (Fsp3) is 0.600. The Balaban J connectivity index is 2.17. The van der Waals surface area contributed by atoms with Crippen LogP contribution in [-0.2, 0) is 17.5 Å². The van der Waals surface area contributed by atoms with E-state index in [9.17, 15) is 13.2 Å². The molecular formula is C15H21F3N2O. The molecule has 0 amide bonds. The Kier molecular flexibility index (Phi) is 5.47. The molecule has 1 heterocycles. The summed E-state index contributed by atoms with van der Waals surface area (Å²) in [6.07, 6.45) is -2.23. The molecule has 0 atom stereocenters. The van der Waals surface area contributed by atoms with E-state index in [0.717, 1.165) is 37.6 Å². The van der Waals surface area contributed by atoms with E-state index in [1.807, 2.05) is 4.90 Å². The quantitative estimate of drug-likeness (QED) is 0.818. The zero-order valence-corrected chi connectivity index (χ0v) is 12.2. The predicted octanol–water partition coefficient (Wildman–Crippen LogP) is 3.04. The van der Waals surface area contributed by atoms with Gasteiger partial charge in [-0.3, -0.25) is 0 Å². The molecule has 1 saturated heterocycles. The van der Waals surface area contributed by atoms with Gasteiger partial charge in [0.25, 0.3) is 0 Å². The second kappa shape index (κ2) is 7.13. The van der Waals surface area contributed by atoms with Gasteiger partial charge < -0.3 is 15.0 Å². The molecule has 1 aliphatic rings. The maximum atomic E-state index is 12.9. The molecule has 1 aromatic carbocycles. The fourth-order valence-electron chi connectivity index (χ4n) is 2.54. The van der Waals surface area contributed by atoms with Crippen LogP contribution in [0.5, 0.6) is 0 Å². The second-order valence-electron chi connectivity index (χ2n) is 5.20. The molecule has 0 radical (unpaired) electrons. The number of alkyl halides is 3. The lowest BCUT2D eigenvalue weighted by atomic mass is 10.1. The zero-order chi connectivity index (χ0) is 15.3. The van der Waals surface area contributed by atoms with E-state index >= 15 is 0 Å². The summed E-state index contributed by atoms with van der Waals surface area (Å²) in [7, 11) is 1.62. The average molecular weight is 302 g/mol. The van der Waals surface area contributed by atoms with Crippen molar-refractivity contribution >= 4 is 5.69 Å². The van der Waals surface area contributed by atoms with Gasteiger partial charge in [-0.2, -0.15) is 13.2 Å². The van der Waals surface area contributed by atoms with Crippen LogP contribution in [0.4, 0.5) is 18.9 Å². The Hall–Kier alpha value is -1.27. The largest absolute Gasteiger partial charge is 0.416 e. The Labute approximate surface area is 123 Å². The SMILES string of the molecule is COCCNCc1ccc(C(F)(F)F)cc1N1CCCC1. The molecular weight excluding hydrogens is 281 g/mol. The van der Waals surface area contributed by atoms with E-state index in [4.69, 9.17) is 4.74 Å². The van der Waals surface area contributed by atoms with Crippen LogP contribution in [0.15, 0.2) is 18.2 Å². The first-order valence-corrected chi connectivity index (χ1v) is 7.17. The predicted molar refractivity (Wildman–Crippen MR) is 76.5 cm³/mol. The van der Waals surface area contributed by atoms with E-state index in [1.54, 1.807) is 13.2 Å². The molecule has 0 saturated carbocycles. The summed E-state index contributed by atoms with van der Waals surface area (Å²) in [6.45, 7) is 3.46. The molecule has 21 heavy (non-hydrogen) atoms. The molecule has 0 aliphatic carbocycles. The Morgan fingerprint density at radius 3 is 2.57 bits per heavy atom. The highest BCUT2D eigenvalue weighted by molar-refractivity contribution is 5.56. The van der Waals surface area contributed by atoms with Gasteiger partial charge >= 0.3 is 6.18 Å². The Morgan fingerprint density at radius 1 is 1.24 bits per heavy atom. The zero-order valence-electron chi connectivity index (χ0n) is 12.2. The molecule has 0 unspecified atom stereocenters. The summed E-state index contributed by atoms with van der Waals surface area (Å²) in [4.78, 5) is 2.04. The molecule has 6 heteroatoms. The van der Waals surface area contributed by atoms with Crippen LogP contribution in [0.3, 0.4) is 0 Å². The standard InChI is InChI=1S/C15H21F3N2O/c1-21-9-6-19-11-12-4-5-13(15(16,17)18)10-14(12)20-7-2-3-8-20/h4-5,10,19H,2-3,6-9,11H2,1H3. The summed E-state index contributed by atoms with van der Waals surface area (Å²) in [6, 6.07) is 4.02. The van der Waals surface area contributed by atoms with Crippen LogP contribution >= 0.6 is 0 Å². The third-order valence-corrected chi connectivity index (χ3v) is 3.66. The first-order valence-electron chi connectivity index (χ1n) is 7.17. The van der Waals surface area contributed by atoms with Gasteiger partial charge in [0.2, 0.25) is 0 Å². The first-order chi connectivity index (χ1) is 10.0. The lowest BCUT2D eigenvalue weighted by Crippen LogP contribution is -2.24. The molecule has 118 valence electrons. The minimum atomic E-state index is -4.30. The highest BCUT2D eigenvalue weighted by Crippen LogP contribution is 2.34. The van der Waals surface area contributed by atoms with E-state index in [1.165, 1.54) is 6.07 Å². The number of halogens is 3. The molecule has 2 rings (SSSR count). The minimum absolute atomic E-state index is 0.549. The number of rotatable bonds is 6. The smallest absolute Gasteiger partial charge is 0.383 e. The van der Waals surface area contributed by atoms with Crippen LogP contribution in [0.1, 0.15) is 24.0 Å². The van der Waals surface area contributed by atoms with Gasteiger partial charge in [-0.25, -0.2) is 0 Å². The highest BCUT2D eigenvalue weighted by Gasteiger charge is 2.31. The van der Waals surface area contributed by atoms with Crippen LogP contribution in [0.25, 0.3) is 0 Å². The monoisotopic (exact) mass is 302 g/mol. The van der Waals surface area contributed by atoms with E-state index in [0.29, 0.717) is 25.4 Å². The van der Waals surface area contributed by atoms with Crippen molar-refractivity contribution in [1.82, 2.24) is 5.32 Å². The first kappa shape index (κ1) is 16.1. The van der Waals surface area contributed by atoms with Gasteiger partial charge in [0.1, 0.15) is 0 Å². The van der Waals surface area contributed by atoms with Gasteiger partial charge in [0, 0.05) is 39.0 Å². The van der Waals surface area contributed by atoms with Crippen molar-refractivity contribution in [2.75, 3.05) is 38.3 Å². The van der Waals surface area contributed by atoms with E-state index < -0.39 is 11.7 Å². The van der Waals surface area contributed by atoms with Crippen molar-refractivity contribution < 1.29 is 17.9 Å². The Morgan fingerprint density at radius 2 is 1.95 bits per heavy atom. The van der Waals surface area contributed by atoms with Crippen LogP contribution < -0.4 is 10.2 Å². The fourth-order valence-corrected chi connectivity index (χ4v) is 2.54. The number of nitrogens with one attached hydrogen (secondary N) is 1. The van der Waals surface area contributed by atoms with E-state index in [2.05, 4.69) is 5.32 Å². The van der Waals surface area contributed by atoms with Gasteiger partial charge in [0.05, 0.1) is 12.2 Å². The van der Waals surface area contributed by atoms with E-state index in [-0.39, 0.29) is 0 Å². The van der Waals surface area contributed by atoms with Crippen LogP contribution in [0, 0.1) is 0 Å². The van der Waals surface area contributed by atoms with Crippen molar-refractivity contribution in [3.63, 3.8) is 0 Å². The number of hydrogen-bond acceptors (Lipinski definition) is 3. The van der Waals surface area contributed by atoms with Gasteiger partial charge in [-0.05, 0) is 30.5 Å². The maximum absolute atomic E-state index is 12.9. The average Bonchev–Trinajstić information content (AvgIpc) is 2.96. The Bertz CT molecular complexity index is 457. The number of ether oxygens (including phenoxy) is 1. The second-order valence-corrected chi connectivity index (χ2v) is 5.20. The summed E-state index contributed by atoms with van der Waals surface area (Å²) in [5.41, 5.74) is 1.03. The van der Waals surface area contributed by atoms with Crippen LogP contribution in [0.2, 0.25) is 0 Å². The number of methoxy groups -OCH3 is 1. The van der Waals surface area contributed by atoms with Crippen molar-refractivity contribution in [2.24, 2.45) is 0 Å². The number of nitrogens with zero attached hydrogens (tertiary/aromatic N) is 1. The molecule has 3 nitrogen and oxygen atoms in total. The molecule has 1 N–H and O–H groups in total. The molecule has 0 aromatic heterocycles. The normalized spacial score (nSPS) is 15.7. The summed E-state index contributed by atoms with van der Waals surface area (Å²) < 4.78 is 43.6. The molecule has 1 aliphatic heterocycles. The molecule has 1 aromatic rings. The molecule has 0 bridgehead atoms. The van der Waals surface area contributed by atoms with Gasteiger partial charge in [-0.1, -0.05) is 6.07 Å². The molecule has 0 spiro atoms. The summed E-state index contributed by atoms with van der Waals surface area (Å²) in [5.74, 6) is 0. The summed E-state index contributed by atoms with van der Waals surface area (Å²) in [5, 5.41) is 3.19. The van der Waals surface area contributed by atoms with Crippen molar-refractivity contribution in [2.45, 2.75) is 25.6 Å². The lowest BCUT2D eigenvalue weighted by Gasteiger charge is -2.23. The third kappa shape index (κ3) is 4.35. The van der Waals surface area contributed by atoms with Crippen molar-refractivity contribution in [1.29, 1.82) is 0 Å². The third-order valence-electron chi connectivity index (χ3n) is 3.66. The maximum Gasteiger partial charge on any atom is 0.416 e. The number of anilines is 1. The highest BCUT2D eigenvalue weighted by atomic mass is 19.4. The van der Waals surface area contributed by atoms with Gasteiger partial charge in [-0.15, -0.1) is 0 Å². The van der Waals surface area contributed by atoms with Crippen molar-refractivity contribution in [3.8, 4) is 0 Å². The number of hydrogen-bond donors (Lipinski definition) is 1. The van der Waals surface area contributed by atoms with Crippen molar-refractivity contribution in [3.05, 3.63) is 29.3 Å². The van der Waals surface area contributed by atoms with Crippen LogP contribution in [-0.4, -0.2) is 33.4 Å². The molecule has 1 fully saturated rings. The minimum Gasteiger partial charge on any atom is -0.383 e. The summed E-state index contributed by atoms with van der Waals surface area (Å²) >= 11 is 0. The van der Waals surface area contributed by atoms with Gasteiger partial charge in [0.15, 0.2) is 0 Å². The lowest BCUT2D eigenvalue weighted by molar-refractivity contribution is -0.137. The topological polar surface area (TPSA) is 24.5 Å².